The van der Waals surface area contributed by atoms with Crippen molar-refractivity contribution >= 4 is 12.1 Å². The lowest BCUT2D eigenvalue weighted by Gasteiger charge is -2.40. The molecule has 0 saturated carbocycles. The van der Waals surface area contributed by atoms with Crippen LogP contribution in [-0.4, -0.2) is 39.2 Å². The predicted octanol–water partition coefficient (Wildman–Crippen LogP) is 2.56. The molecule has 0 saturated heterocycles. The molecule has 1 aliphatic carbocycles. The number of benzene rings is 1. The van der Waals surface area contributed by atoms with E-state index in [2.05, 4.69) is 0 Å². The van der Waals surface area contributed by atoms with Crippen molar-refractivity contribution in [2.24, 2.45) is 0 Å². The highest BCUT2D eigenvalue weighted by Crippen LogP contribution is 2.50. The van der Waals surface area contributed by atoms with Gasteiger partial charge in [-0.25, -0.2) is 0 Å². The number of carbonyl (C=O) groups is 2. The number of methoxy groups -OCH3 is 2. The van der Waals surface area contributed by atoms with Crippen LogP contribution in [0.2, 0.25) is 0 Å². The molecule has 0 unspecified atom stereocenters. The second kappa shape index (κ2) is 6.72. The minimum Gasteiger partial charge on any atom is -0.493 e. The molecule has 6 heteroatoms. The van der Waals surface area contributed by atoms with Crippen molar-refractivity contribution in [2.45, 2.75) is 25.0 Å². The number of carbonyl (C=O) groups excluding carboxylic acids is 2. The van der Waals surface area contributed by atoms with Crippen LogP contribution in [0, 0.1) is 0 Å². The average Bonchev–Trinajstić information content (AvgIpc) is 2.63. The molecule has 0 radical (unpaired) electrons. The largest absolute Gasteiger partial charge is 0.493 e. The first kappa shape index (κ1) is 17.2. The summed E-state index contributed by atoms with van der Waals surface area (Å²) in [5.41, 5.74) is 0.366. The van der Waals surface area contributed by atoms with Crippen LogP contribution in [0.1, 0.15) is 29.3 Å². The van der Waals surface area contributed by atoms with Gasteiger partial charge in [-0.15, -0.1) is 0 Å². The van der Waals surface area contributed by atoms with Crippen LogP contribution in [0.5, 0.6) is 11.5 Å². The minimum absolute atomic E-state index is 0.218. The van der Waals surface area contributed by atoms with Gasteiger partial charge in [0.25, 0.3) is 0 Å². The number of ketones is 1. The van der Waals surface area contributed by atoms with E-state index in [0.29, 0.717) is 35.7 Å². The Morgan fingerprint density at radius 1 is 1.32 bits per heavy atom. The van der Waals surface area contributed by atoms with E-state index in [1.165, 1.54) is 20.3 Å². The van der Waals surface area contributed by atoms with Crippen LogP contribution < -0.4 is 9.47 Å². The molecule has 3 rings (SSSR count). The van der Waals surface area contributed by atoms with Gasteiger partial charge in [-0.2, -0.15) is 0 Å². The van der Waals surface area contributed by atoms with Gasteiger partial charge in [-0.3, -0.25) is 9.59 Å². The average molecular weight is 344 g/mol. The van der Waals surface area contributed by atoms with E-state index >= 15 is 0 Å². The number of hydrogen-bond acceptors (Lipinski definition) is 6. The summed E-state index contributed by atoms with van der Waals surface area (Å²) >= 11 is 0. The van der Waals surface area contributed by atoms with Crippen molar-refractivity contribution in [3.8, 4) is 11.5 Å². The molecule has 1 aromatic rings. The Kier molecular flexibility index (Phi) is 4.63. The predicted molar refractivity (Wildman–Crippen MR) is 90.0 cm³/mol. The molecule has 0 amide bonds. The maximum absolute atomic E-state index is 12.0. The van der Waals surface area contributed by atoms with E-state index in [4.69, 9.17) is 18.9 Å². The fraction of sp³-hybridized carbons (Fsp3) is 0.368. The molecule has 0 aromatic heterocycles. The Hall–Kier alpha value is -2.60. The summed E-state index contributed by atoms with van der Waals surface area (Å²) in [7, 11) is 2.98. The maximum atomic E-state index is 12.0. The smallest absolute Gasteiger partial charge is 0.219 e. The van der Waals surface area contributed by atoms with Crippen LogP contribution in [0.15, 0.2) is 36.1 Å². The third-order valence-electron chi connectivity index (χ3n) is 4.46. The molecule has 0 fully saturated rings. The molecular formula is C19H20O6. The van der Waals surface area contributed by atoms with Gasteiger partial charge in [-0.1, -0.05) is 6.08 Å². The van der Waals surface area contributed by atoms with E-state index < -0.39 is 11.7 Å². The van der Waals surface area contributed by atoms with E-state index in [0.717, 1.165) is 6.29 Å². The lowest BCUT2D eigenvalue weighted by atomic mass is 9.71. The van der Waals surface area contributed by atoms with E-state index in [1.54, 1.807) is 24.3 Å². The second-order valence-electron chi connectivity index (χ2n) is 5.84. The van der Waals surface area contributed by atoms with Crippen LogP contribution in [0.3, 0.4) is 0 Å². The van der Waals surface area contributed by atoms with Crippen LogP contribution >= 0.6 is 0 Å². The molecule has 2 aliphatic rings. The molecule has 0 N–H and O–H groups in total. The number of fused-ring (bicyclic) bond motifs is 2. The molecule has 2 atom stereocenters. The van der Waals surface area contributed by atoms with Crippen molar-refractivity contribution in [3.05, 3.63) is 47.2 Å². The van der Waals surface area contributed by atoms with Crippen LogP contribution in [0.4, 0.5) is 0 Å². The first-order valence-corrected chi connectivity index (χ1v) is 8.04. The highest BCUT2D eigenvalue weighted by Gasteiger charge is 2.44. The molecule has 1 heterocycles. The summed E-state index contributed by atoms with van der Waals surface area (Å²) in [6, 6.07) is 3.37. The van der Waals surface area contributed by atoms with E-state index in [-0.39, 0.29) is 11.5 Å². The van der Waals surface area contributed by atoms with Crippen LogP contribution in [0.25, 0.3) is 0 Å². The molecule has 1 aliphatic heterocycles. The summed E-state index contributed by atoms with van der Waals surface area (Å²) in [5.74, 6) is 0.958. The Bertz CT molecular complexity index is 763. The van der Waals surface area contributed by atoms with Gasteiger partial charge in [0.05, 0.1) is 14.2 Å². The molecule has 1 aromatic carbocycles. The summed E-state index contributed by atoms with van der Waals surface area (Å²) in [6.07, 6.45) is 5.62. The SMILES string of the molecule is CCO[C@H]1C[C@@]2(C=CC(=O)C(OC)=C2)c2c(C=O)ccc(OC)c2O1. The van der Waals surface area contributed by atoms with E-state index in [9.17, 15) is 9.59 Å². The summed E-state index contributed by atoms with van der Waals surface area (Å²) in [4.78, 5) is 23.7. The van der Waals surface area contributed by atoms with Gasteiger partial charge in [-0.05, 0) is 31.2 Å². The zero-order chi connectivity index (χ0) is 18.0. The molecule has 132 valence electrons. The lowest BCUT2D eigenvalue weighted by molar-refractivity contribution is -0.115. The molecule has 6 nitrogen and oxygen atoms in total. The zero-order valence-corrected chi connectivity index (χ0v) is 14.4. The van der Waals surface area contributed by atoms with Crippen molar-refractivity contribution in [3.63, 3.8) is 0 Å². The number of allylic oxidation sites excluding steroid dienone is 3. The monoisotopic (exact) mass is 344 g/mol. The standard InChI is InChI=1S/C19H20O6/c1-4-24-16-10-19(8-7-13(21)15(9-19)23-3)17-12(11-20)5-6-14(22-2)18(17)25-16/h5-9,11,16H,4,10H2,1-3H3/t16-,19+/m1/s1. The minimum atomic E-state index is -0.753. The Morgan fingerprint density at radius 3 is 2.76 bits per heavy atom. The summed E-state index contributed by atoms with van der Waals surface area (Å²) in [6.45, 7) is 2.34. The number of hydrogen-bond donors (Lipinski definition) is 0. The number of aldehydes is 1. The number of rotatable bonds is 5. The van der Waals surface area contributed by atoms with Gasteiger partial charge in [0, 0.05) is 29.6 Å². The van der Waals surface area contributed by atoms with Crippen LogP contribution in [-0.2, 0) is 19.7 Å². The van der Waals surface area contributed by atoms with E-state index in [1.807, 2.05) is 6.92 Å². The third kappa shape index (κ3) is 2.82. The fourth-order valence-electron chi connectivity index (χ4n) is 3.37. The summed E-state index contributed by atoms with van der Waals surface area (Å²) < 4.78 is 22.3. The van der Waals surface area contributed by atoms with Gasteiger partial charge < -0.3 is 18.9 Å². The Balaban J connectivity index is 2.27. The second-order valence-corrected chi connectivity index (χ2v) is 5.84. The molecular weight excluding hydrogens is 324 g/mol. The van der Waals surface area contributed by atoms with Crippen molar-refractivity contribution in [2.75, 3.05) is 20.8 Å². The number of ether oxygens (including phenoxy) is 4. The van der Waals surface area contributed by atoms with Gasteiger partial charge in [0.2, 0.25) is 12.1 Å². The lowest BCUT2D eigenvalue weighted by Crippen LogP contribution is -2.40. The van der Waals surface area contributed by atoms with Crippen molar-refractivity contribution in [1.82, 2.24) is 0 Å². The summed E-state index contributed by atoms with van der Waals surface area (Å²) in [5, 5.41) is 0. The molecule has 25 heavy (non-hydrogen) atoms. The van der Waals surface area contributed by atoms with Gasteiger partial charge in [0.15, 0.2) is 23.5 Å². The normalized spacial score (nSPS) is 24.4. The Labute approximate surface area is 146 Å². The van der Waals surface area contributed by atoms with Gasteiger partial charge in [0.1, 0.15) is 0 Å². The highest BCUT2D eigenvalue weighted by molar-refractivity contribution is 6.04. The highest BCUT2D eigenvalue weighted by atomic mass is 16.7. The first-order chi connectivity index (χ1) is 12.1. The Morgan fingerprint density at radius 2 is 2.12 bits per heavy atom. The van der Waals surface area contributed by atoms with Gasteiger partial charge >= 0.3 is 0 Å². The maximum Gasteiger partial charge on any atom is 0.219 e. The van der Waals surface area contributed by atoms with Crippen molar-refractivity contribution in [1.29, 1.82) is 0 Å². The quantitative estimate of drug-likeness (QED) is 0.765. The zero-order valence-electron chi connectivity index (χ0n) is 14.4. The molecule has 1 spiro atoms. The third-order valence-corrected chi connectivity index (χ3v) is 4.46. The first-order valence-electron chi connectivity index (χ1n) is 8.04. The topological polar surface area (TPSA) is 71.1 Å². The fourth-order valence-corrected chi connectivity index (χ4v) is 3.37. The van der Waals surface area contributed by atoms with Crippen molar-refractivity contribution < 1.29 is 28.5 Å². The molecule has 0 bridgehead atoms.